The second-order valence-electron chi connectivity index (χ2n) is 8.39. The van der Waals surface area contributed by atoms with Crippen molar-refractivity contribution < 1.29 is 23.9 Å². The van der Waals surface area contributed by atoms with E-state index in [0.29, 0.717) is 29.4 Å². The maximum absolute atomic E-state index is 13.1. The number of nitrogens with two attached hydrogens (primary N) is 2. The third-order valence-corrected chi connectivity index (χ3v) is 6.17. The molecule has 0 saturated heterocycles. The Bertz CT molecular complexity index is 1390. The number of nitrogens with zero attached hydrogens (tertiary/aromatic N) is 1. The van der Waals surface area contributed by atoms with E-state index in [9.17, 15) is 19.2 Å². The molecule has 10 nitrogen and oxygen atoms in total. The Morgan fingerprint density at radius 3 is 2.38 bits per heavy atom. The monoisotopic (exact) mass is 617 g/mol. The molecule has 0 saturated carbocycles. The fourth-order valence-corrected chi connectivity index (χ4v) is 4.11. The zero-order chi connectivity index (χ0) is 27.7. The number of hydrogen-bond acceptors (Lipinski definition) is 6. The topological polar surface area (TPSA) is 166 Å². The van der Waals surface area contributed by atoms with Gasteiger partial charge in [-0.2, -0.15) is 0 Å². The van der Waals surface area contributed by atoms with Gasteiger partial charge in [0.15, 0.2) is 5.96 Å². The van der Waals surface area contributed by atoms with Gasteiger partial charge >= 0.3 is 5.97 Å². The number of rotatable bonds is 11. The molecular formula is C27H29BrClN5O5. The molecule has 6 N–H and O–H groups in total. The molecule has 206 valence electrons. The number of esters is 1. The lowest BCUT2D eigenvalue weighted by Crippen LogP contribution is -2.44. The zero-order valence-electron chi connectivity index (χ0n) is 21.1. The SMILES string of the molecule is COC(=O)C(CCCCN=C(N)N)NC(=O)C(=O)c1cc(Br)ccc1NC(=O)c1ccc2ccccc2c1.Cl. The molecule has 39 heavy (non-hydrogen) atoms. The molecule has 0 aliphatic rings. The highest BCUT2D eigenvalue weighted by atomic mass is 79.9. The van der Waals surface area contributed by atoms with Gasteiger partial charge in [-0.05, 0) is 60.4 Å². The average Bonchev–Trinajstić information content (AvgIpc) is 2.91. The molecule has 0 spiro atoms. The highest BCUT2D eigenvalue weighted by Crippen LogP contribution is 2.24. The van der Waals surface area contributed by atoms with Crippen LogP contribution in [0.4, 0.5) is 5.69 Å². The summed E-state index contributed by atoms with van der Waals surface area (Å²) in [5.41, 5.74) is 11.1. The Kier molecular flexibility index (Phi) is 11.9. The number of methoxy groups -OCH3 is 1. The van der Waals surface area contributed by atoms with Gasteiger partial charge in [-0.15, -0.1) is 12.4 Å². The summed E-state index contributed by atoms with van der Waals surface area (Å²) in [7, 11) is 1.19. The number of benzene rings is 3. The summed E-state index contributed by atoms with van der Waals surface area (Å²) < 4.78 is 5.30. The van der Waals surface area contributed by atoms with E-state index in [1.165, 1.54) is 19.2 Å². The van der Waals surface area contributed by atoms with Gasteiger partial charge in [0.25, 0.3) is 17.6 Å². The maximum atomic E-state index is 13.1. The number of guanidine groups is 1. The van der Waals surface area contributed by atoms with Gasteiger partial charge in [0, 0.05) is 16.6 Å². The van der Waals surface area contributed by atoms with E-state index < -0.39 is 29.6 Å². The zero-order valence-corrected chi connectivity index (χ0v) is 23.5. The Labute approximate surface area is 240 Å². The van der Waals surface area contributed by atoms with Crippen molar-refractivity contribution in [3.05, 3.63) is 76.3 Å². The molecule has 3 aromatic rings. The van der Waals surface area contributed by atoms with Crippen molar-refractivity contribution in [1.82, 2.24) is 5.32 Å². The van der Waals surface area contributed by atoms with Crippen LogP contribution >= 0.6 is 28.3 Å². The number of aliphatic imine (C=N–C) groups is 1. The Hall–Kier alpha value is -3.96. The molecule has 0 aliphatic heterocycles. The summed E-state index contributed by atoms with van der Waals surface area (Å²) in [5, 5.41) is 7.03. The first-order valence-electron chi connectivity index (χ1n) is 11.8. The predicted molar refractivity (Wildman–Crippen MR) is 156 cm³/mol. The lowest BCUT2D eigenvalue weighted by atomic mass is 10.0. The van der Waals surface area contributed by atoms with E-state index in [1.807, 2.05) is 30.3 Å². The number of anilines is 1. The molecule has 3 aromatic carbocycles. The average molecular weight is 619 g/mol. The largest absolute Gasteiger partial charge is 0.467 e. The van der Waals surface area contributed by atoms with Crippen LogP contribution in [-0.2, 0) is 14.3 Å². The minimum absolute atomic E-state index is 0. The highest BCUT2D eigenvalue weighted by molar-refractivity contribution is 9.10. The number of nitrogens with one attached hydrogen (secondary N) is 2. The van der Waals surface area contributed by atoms with Gasteiger partial charge in [0.2, 0.25) is 0 Å². The second-order valence-corrected chi connectivity index (χ2v) is 9.30. The molecule has 0 fully saturated rings. The number of hydrogen-bond donors (Lipinski definition) is 4. The van der Waals surface area contributed by atoms with Crippen LogP contribution in [0.2, 0.25) is 0 Å². The van der Waals surface area contributed by atoms with Crippen LogP contribution in [0.15, 0.2) is 70.1 Å². The van der Waals surface area contributed by atoms with Crippen molar-refractivity contribution in [3.63, 3.8) is 0 Å². The normalized spacial score (nSPS) is 11.0. The number of Topliss-reactive ketones (excluding diaryl/α,β-unsaturated/α-hetero) is 1. The molecule has 0 aromatic heterocycles. The van der Waals surface area contributed by atoms with Crippen molar-refractivity contribution in [2.75, 3.05) is 19.0 Å². The summed E-state index contributed by atoms with van der Waals surface area (Å²) in [6.07, 6.45) is 1.27. The first kappa shape index (κ1) is 31.3. The Morgan fingerprint density at radius 2 is 1.69 bits per heavy atom. The van der Waals surface area contributed by atoms with Crippen LogP contribution < -0.4 is 22.1 Å². The van der Waals surface area contributed by atoms with Crippen LogP contribution in [-0.4, -0.2) is 49.2 Å². The summed E-state index contributed by atoms with van der Waals surface area (Å²) in [6.45, 7) is 0.363. The number of carbonyl (C=O) groups excluding carboxylic acids is 4. The summed E-state index contributed by atoms with van der Waals surface area (Å²) >= 11 is 3.30. The summed E-state index contributed by atoms with van der Waals surface area (Å²) in [5.74, 6) is -3.10. The maximum Gasteiger partial charge on any atom is 0.328 e. The van der Waals surface area contributed by atoms with Gasteiger partial charge in [-0.3, -0.25) is 19.4 Å². The molecule has 2 amide bonds. The number of unbranched alkanes of at least 4 members (excludes halogenated alkanes) is 1. The Morgan fingerprint density at radius 1 is 0.974 bits per heavy atom. The summed E-state index contributed by atoms with van der Waals surface area (Å²) in [4.78, 5) is 55.1. The van der Waals surface area contributed by atoms with Crippen LogP contribution in [0.5, 0.6) is 0 Å². The fourth-order valence-electron chi connectivity index (χ4n) is 3.74. The molecule has 0 bridgehead atoms. The van der Waals surface area contributed by atoms with Crippen LogP contribution in [0.25, 0.3) is 10.8 Å². The lowest BCUT2D eigenvalue weighted by molar-refractivity contribution is -0.144. The number of halogens is 2. The van der Waals surface area contributed by atoms with Gasteiger partial charge < -0.3 is 26.8 Å². The lowest BCUT2D eigenvalue weighted by Gasteiger charge is -2.17. The number of fused-ring (bicyclic) bond motifs is 1. The molecule has 1 atom stereocenters. The number of ketones is 1. The van der Waals surface area contributed by atoms with Crippen LogP contribution in [0.1, 0.15) is 40.0 Å². The van der Waals surface area contributed by atoms with E-state index in [2.05, 4.69) is 31.6 Å². The van der Waals surface area contributed by atoms with Crippen molar-refractivity contribution >= 4 is 74.3 Å². The van der Waals surface area contributed by atoms with E-state index in [-0.39, 0.29) is 36.0 Å². The number of ether oxygens (including phenoxy) is 1. The summed E-state index contributed by atoms with van der Waals surface area (Å²) in [6, 6.07) is 16.4. The van der Waals surface area contributed by atoms with Crippen molar-refractivity contribution in [3.8, 4) is 0 Å². The van der Waals surface area contributed by atoms with Gasteiger partial charge in [0.05, 0.1) is 18.4 Å². The van der Waals surface area contributed by atoms with Crippen molar-refractivity contribution in [2.24, 2.45) is 16.5 Å². The highest BCUT2D eigenvalue weighted by Gasteiger charge is 2.27. The number of amides is 2. The minimum atomic E-state index is -1.04. The fraction of sp³-hybridized carbons (Fsp3) is 0.222. The molecular weight excluding hydrogens is 590 g/mol. The van der Waals surface area contributed by atoms with Gasteiger partial charge in [-0.1, -0.05) is 46.3 Å². The van der Waals surface area contributed by atoms with E-state index in [0.717, 1.165) is 10.8 Å². The first-order valence-corrected chi connectivity index (χ1v) is 12.6. The molecule has 12 heteroatoms. The van der Waals surface area contributed by atoms with E-state index in [1.54, 1.807) is 18.2 Å². The molecule has 3 rings (SSSR count). The third kappa shape index (κ3) is 8.79. The van der Waals surface area contributed by atoms with Crippen LogP contribution in [0.3, 0.4) is 0 Å². The molecule has 1 unspecified atom stereocenters. The molecule has 0 aliphatic carbocycles. The minimum Gasteiger partial charge on any atom is -0.467 e. The quantitative estimate of drug-likeness (QED) is 0.0637. The van der Waals surface area contributed by atoms with Gasteiger partial charge in [0.1, 0.15) is 6.04 Å². The second kappa shape index (κ2) is 14.8. The van der Waals surface area contributed by atoms with Crippen molar-refractivity contribution in [2.45, 2.75) is 25.3 Å². The number of carbonyl (C=O) groups is 4. The first-order chi connectivity index (χ1) is 18.2. The van der Waals surface area contributed by atoms with E-state index >= 15 is 0 Å². The van der Waals surface area contributed by atoms with Crippen LogP contribution in [0, 0.1) is 0 Å². The smallest absolute Gasteiger partial charge is 0.328 e. The van der Waals surface area contributed by atoms with E-state index in [4.69, 9.17) is 16.2 Å². The van der Waals surface area contributed by atoms with Gasteiger partial charge in [-0.25, -0.2) is 4.79 Å². The predicted octanol–water partition coefficient (Wildman–Crippen LogP) is 3.56. The molecule has 0 radical (unpaired) electrons. The standard InChI is InChI=1S/C27H28BrN5O5.ClH/c1-38-26(37)22(8-4-5-13-31-27(29)30)33-25(36)23(34)20-15-19(28)11-12-21(20)32-24(35)18-10-9-16-6-2-3-7-17(16)14-18;/h2-3,6-7,9-12,14-15,22H,4-5,8,13H2,1H3,(H,32,35)(H,33,36)(H4,29,30,31);1H. The molecule has 0 heterocycles. The third-order valence-electron chi connectivity index (χ3n) is 5.68. The van der Waals surface area contributed by atoms with Crippen molar-refractivity contribution in [1.29, 1.82) is 0 Å². The Balaban J connectivity index is 0.00000533.